The fraction of sp³-hybridized carbons (Fsp3) is 0.278. The van der Waals surface area contributed by atoms with Gasteiger partial charge in [0.15, 0.2) is 11.8 Å². The third-order valence-corrected chi connectivity index (χ3v) is 4.69. The molecule has 2 heterocycles. The largest absolute Gasteiger partial charge is 0.356 e. The van der Waals surface area contributed by atoms with E-state index in [1.54, 1.807) is 18.4 Å². The normalized spacial score (nSPS) is 12.8. The lowest BCUT2D eigenvalue weighted by Crippen LogP contribution is -2.38. The molecule has 1 atom stereocenters. The molecular formula is C18H22N6S. The summed E-state index contributed by atoms with van der Waals surface area (Å²) in [5.41, 5.74) is 3.53. The average Bonchev–Trinajstić information content (AvgIpc) is 3.35. The van der Waals surface area contributed by atoms with Crippen LogP contribution in [0.15, 0.2) is 52.4 Å². The molecule has 6 nitrogen and oxygen atoms in total. The Morgan fingerprint density at radius 2 is 2.24 bits per heavy atom. The highest BCUT2D eigenvalue weighted by Gasteiger charge is 2.07. The predicted octanol–water partition coefficient (Wildman–Crippen LogP) is 3.00. The summed E-state index contributed by atoms with van der Waals surface area (Å²) in [6.45, 7) is 3.74. The fourth-order valence-electron chi connectivity index (χ4n) is 2.50. The van der Waals surface area contributed by atoms with Crippen LogP contribution in [-0.4, -0.2) is 34.7 Å². The second-order valence-corrected chi connectivity index (χ2v) is 6.58. The van der Waals surface area contributed by atoms with Crippen LogP contribution in [0.4, 0.5) is 0 Å². The Balaban J connectivity index is 1.54. The second kappa shape index (κ2) is 8.43. The third kappa shape index (κ3) is 4.67. The lowest BCUT2D eigenvalue weighted by atomic mass is 10.1. The van der Waals surface area contributed by atoms with Crippen LogP contribution in [0.3, 0.4) is 0 Å². The molecule has 25 heavy (non-hydrogen) atoms. The van der Waals surface area contributed by atoms with Crippen molar-refractivity contribution in [1.29, 1.82) is 0 Å². The smallest absolute Gasteiger partial charge is 0.191 e. The van der Waals surface area contributed by atoms with Crippen molar-refractivity contribution < 1.29 is 0 Å². The molecule has 130 valence electrons. The fourth-order valence-corrected chi connectivity index (χ4v) is 3.28. The zero-order valence-corrected chi connectivity index (χ0v) is 15.2. The Morgan fingerprint density at radius 1 is 1.32 bits per heavy atom. The van der Waals surface area contributed by atoms with Crippen molar-refractivity contribution in [2.45, 2.75) is 19.4 Å². The quantitative estimate of drug-likeness (QED) is 0.470. The molecule has 0 saturated carbocycles. The van der Waals surface area contributed by atoms with Crippen LogP contribution < -0.4 is 10.6 Å². The maximum Gasteiger partial charge on any atom is 0.191 e. The van der Waals surface area contributed by atoms with E-state index in [0.29, 0.717) is 12.5 Å². The first-order chi connectivity index (χ1) is 12.3. The number of hydrogen-bond acceptors (Lipinski definition) is 4. The number of rotatable bonds is 6. The molecule has 0 fully saturated rings. The van der Waals surface area contributed by atoms with Gasteiger partial charge in [-0.2, -0.15) is 16.4 Å². The minimum atomic E-state index is 0.444. The zero-order valence-electron chi connectivity index (χ0n) is 14.4. The lowest BCUT2D eigenvalue weighted by Gasteiger charge is -2.15. The maximum atomic E-state index is 4.30. The van der Waals surface area contributed by atoms with Gasteiger partial charge in [0.25, 0.3) is 0 Å². The molecule has 0 saturated heterocycles. The monoisotopic (exact) mass is 354 g/mol. The van der Waals surface area contributed by atoms with Gasteiger partial charge < -0.3 is 10.6 Å². The number of thiophene rings is 1. The molecule has 0 bridgehead atoms. The van der Waals surface area contributed by atoms with Gasteiger partial charge in [-0.3, -0.25) is 10.1 Å². The number of nitrogens with zero attached hydrogens (tertiary/aromatic N) is 3. The van der Waals surface area contributed by atoms with Gasteiger partial charge in [-0.05, 0) is 39.9 Å². The minimum absolute atomic E-state index is 0.444. The van der Waals surface area contributed by atoms with E-state index < -0.39 is 0 Å². The number of H-pyrrole nitrogens is 1. The summed E-state index contributed by atoms with van der Waals surface area (Å²) in [5, 5.41) is 17.8. The first-order valence-electron chi connectivity index (χ1n) is 8.17. The van der Waals surface area contributed by atoms with E-state index in [1.807, 2.05) is 12.1 Å². The standard InChI is InChI=1S/C18H22N6S/c1-13(16-6-7-25-11-16)9-20-18(19-2)21-10-14-4-3-5-15(8-14)17-22-12-23-24-17/h3-8,11-13H,9-10H2,1-2H3,(H2,19,20,21)(H,22,23,24). The van der Waals surface area contributed by atoms with Crippen molar-refractivity contribution in [3.8, 4) is 11.4 Å². The number of guanidine groups is 1. The first kappa shape index (κ1) is 17.2. The van der Waals surface area contributed by atoms with E-state index in [-0.39, 0.29) is 0 Å². The van der Waals surface area contributed by atoms with E-state index in [4.69, 9.17) is 0 Å². The van der Waals surface area contributed by atoms with Crippen molar-refractivity contribution in [2.24, 2.45) is 4.99 Å². The predicted molar refractivity (Wildman–Crippen MR) is 103 cm³/mol. The highest BCUT2D eigenvalue weighted by Crippen LogP contribution is 2.17. The summed E-state index contributed by atoms with van der Waals surface area (Å²) >= 11 is 1.73. The third-order valence-electron chi connectivity index (χ3n) is 3.99. The number of aliphatic imine (C=N–C) groups is 1. The van der Waals surface area contributed by atoms with Crippen molar-refractivity contribution in [1.82, 2.24) is 25.8 Å². The number of nitrogens with one attached hydrogen (secondary N) is 3. The Bertz CT molecular complexity index is 795. The summed E-state index contributed by atoms with van der Waals surface area (Å²) in [7, 11) is 1.79. The zero-order chi connectivity index (χ0) is 17.5. The summed E-state index contributed by atoms with van der Waals surface area (Å²) in [5.74, 6) is 2.01. The topological polar surface area (TPSA) is 78.0 Å². The minimum Gasteiger partial charge on any atom is -0.356 e. The molecule has 1 aromatic carbocycles. The molecule has 0 amide bonds. The molecule has 3 rings (SSSR count). The molecule has 1 unspecified atom stereocenters. The number of hydrogen-bond donors (Lipinski definition) is 3. The van der Waals surface area contributed by atoms with Crippen molar-refractivity contribution in [3.05, 3.63) is 58.5 Å². The van der Waals surface area contributed by atoms with Crippen LogP contribution in [0.5, 0.6) is 0 Å². The molecule has 3 N–H and O–H groups in total. The van der Waals surface area contributed by atoms with E-state index in [0.717, 1.165) is 29.5 Å². The second-order valence-electron chi connectivity index (χ2n) is 5.80. The Kier molecular flexibility index (Phi) is 5.79. The van der Waals surface area contributed by atoms with Crippen LogP contribution in [-0.2, 0) is 6.54 Å². The van der Waals surface area contributed by atoms with E-state index in [1.165, 1.54) is 11.9 Å². The highest BCUT2D eigenvalue weighted by molar-refractivity contribution is 7.07. The van der Waals surface area contributed by atoms with Crippen molar-refractivity contribution in [3.63, 3.8) is 0 Å². The summed E-state index contributed by atoms with van der Waals surface area (Å²) in [4.78, 5) is 8.49. The van der Waals surface area contributed by atoms with Crippen molar-refractivity contribution >= 4 is 17.3 Å². The SMILES string of the molecule is CN=C(NCc1cccc(-c2ncn[nH]2)c1)NCC(C)c1ccsc1. The maximum absolute atomic E-state index is 4.30. The van der Waals surface area contributed by atoms with Gasteiger partial charge in [0, 0.05) is 25.7 Å². The average molecular weight is 354 g/mol. The number of benzene rings is 1. The number of aromatic amines is 1. The van der Waals surface area contributed by atoms with E-state index in [2.05, 4.69) is 66.7 Å². The van der Waals surface area contributed by atoms with Crippen LogP contribution in [0.2, 0.25) is 0 Å². The van der Waals surface area contributed by atoms with Crippen LogP contribution in [0.25, 0.3) is 11.4 Å². The van der Waals surface area contributed by atoms with Crippen LogP contribution in [0.1, 0.15) is 24.0 Å². The summed E-state index contributed by atoms with van der Waals surface area (Å²) in [6, 6.07) is 10.4. The van der Waals surface area contributed by atoms with Crippen molar-refractivity contribution in [2.75, 3.05) is 13.6 Å². The molecule has 0 aliphatic carbocycles. The van der Waals surface area contributed by atoms with E-state index >= 15 is 0 Å². The summed E-state index contributed by atoms with van der Waals surface area (Å²) in [6.07, 6.45) is 1.51. The van der Waals surface area contributed by atoms with Gasteiger partial charge in [0.2, 0.25) is 0 Å². The lowest BCUT2D eigenvalue weighted by molar-refractivity contribution is 0.701. The number of aromatic nitrogens is 3. The molecule has 0 aliphatic heterocycles. The molecule has 0 radical (unpaired) electrons. The van der Waals surface area contributed by atoms with Crippen LogP contribution in [0, 0.1) is 0 Å². The first-order valence-corrected chi connectivity index (χ1v) is 9.12. The highest BCUT2D eigenvalue weighted by atomic mass is 32.1. The molecule has 2 aromatic heterocycles. The molecule has 7 heteroatoms. The van der Waals surface area contributed by atoms with Gasteiger partial charge in [0.05, 0.1) is 0 Å². The van der Waals surface area contributed by atoms with Gasteiger partial charge in [-0.25, -0.2) is 4.98 Å². The van der Waals surface area contributed by atoms with Gasteiger partial charge in [-0.1, -0.05) is 25.1 Å². The summed E-state index contributed by atoms with van der Waals surface area (Å²) < 4.78 is 0. The molecule has 0 spiro atoms. The van der Waals surface area contributed by atoms with Crippen LogP contribution >= 0.6 is 11.3 Å². The molecule has 3 aromatic rings. The molecule has 0 aliphatic rings. The van der Waals surface area contributed by atoms with Gasteiger partial charge in [0.1, 0.15) is 6.33 Å². The van der Waals surface area contributed by atoms with E-state index in [9.17, 15) is 0 Å². The van der Waals surface area contributed by atoms with Gasteiger partial charge >= 0.3 is 0 Å². The van der Waals surface area contributed by atoms with Gasteiger partial charge in [-0.15, -0.1) is 0 Å². The molecular weight excluding hydrogens is 332 g/mol. The Morgan fingerprint density at radius 3 is 2.96 bits per heavy atom. The Labute approximate surface area is 151 Å². The Hall–Kier alpha value is -2.67.